The van der Waals surface area contributed by atoms with Gasteiger partial charge < -0.3 is 9.42 Å². The summed E-state index contributed by atoms with van der Waals surface area (Å²) in [6, 6.07) is -0.0161. The molecule has 2 heterocycles. The number of nitrogens with zero attached hydrogens (tertiary/aromatic N) is 4. The van der Waals surface area contributed by atoms with Gasteiger partial charge in [0.15, 0.2) is 5.82 Å². The van der Waals surface area contributed by atoms with E-state index < -0.39 is 0 Å². The molecule has 0 bridgehead atoms. The van der Waals surface area contributed by atoms with E-state index in [0.29, 0.717) is 24.9 Å². The van der Waals surface area contributed by atoms with Gasteiger partial charge in [-0.25, -0.2) is 0 Å². The number of carbonyl (C=O) groups excluding carboxylic acids is 1. The van der Waals surface area contributed by atoms with Gasteiger partial charge in [0.2, 0.25) is 11.8 Å². The van der Waals surface area contributed by atoms with Crippen molar-refractivity contribution in [2.24, 2.45) is 0 Å². The van der Waals surface area contributed by atoms with Gasteiger partial charge in [-0.3, -0.25) is 9.69 Å². The zero-order valence-electron chi connectivity index (χ0n) is 11.1. The fraction of sp³-hybridized carbons (Fsp3) is 0.615. The third kappa shape index (κ3) is 2.40. The molecule has 0 spiro atoms. The Morgan fingerprint density at radius 1 is 1.47 bits per heavy atom. The molecule has 1 aromatic rings. The van der Waals surface area contributed by atoms with Crippen molar-refractivity contribution < 1.29 is 9.32 Å². The van der Waals surface area contributed by atoms with E-state index in [1.54, 1.807) is 4.90 Å². The van der Waals surface area contributed by atoms with E-state index in [9.17, 15) is 4.79 Å². The summed E-state index contributed by atoms with van der Waals surface area (Å²) in [5, 5.41) is 4.04. The Bertz CT molecular complexity index is 495. The van der Waals surface area contributed by atoms with Crippen molar-refractivity contribution >= 4 is 5.91 Å². The number of piperazine rings is 1. The molecule has 1 amide bonds. The van der Waals surface area contributed by atoms with Crippen molar-refractivity contribution in [2.75, 3.05) is 26.7 Å². The second kappa shape index (κ2) is 4.77. The molecule has 6 heteroatoms. The van der Waals surface area contributed by atoms with Gasteiger partial charge in [-0.15, -0.1) is 0 Å². The highest BCUT2D eigenvalue weighted by molar-refractivity contribution is 5.87. The quantitative estimate of drug-likeness (QED) is 0.759. The molecule has 6 nitrogen and oxygen atoms in total. The highest BCUT2D eigenvalue weighted by Crippen LogP contribution is 2.38. The van der Waals surface area contributed by atoms with Crippen LogP contribution in [0.15, 0.2) is 17.2 Å². The minimum atomic E-state index is -0.0416. The lowest BCUT2D eigenvalue weighted by atomic mass is 10.1. The summed E-state index contributed by atoms with van der Waals surface area (Å²) in [4.78, 5) is 20.1. The number of carbonyl (C=O) groups is 1. The molecule has 0 N–H and O–H groups in total. The first-order valence-corrected chi connectivity index (χ1v) is 6.64. The third-order valence-corrected chi connectivity index (χ3v) is 3.82. The Labute approximate surface area is 112 Å². The molecule has 3 rings (SSSR count). The van der Waals surface area contributed by atoms with Crippen LogP contribution in [-0.2, 0) is 4.79 Å². The molecule has 1 aromatic heterocycles. The van der Waals surface area contributed by atoms with E-state index in [2.05, 4.69) is 21.6 Å². The van der Waals surface area contributed by atoms with Crippen molar-refractivity contribution in [3.63, 3.8) is 0 Å². The van der Waals surface area contributed by atoms with Crippen molar-refractivity contribution in [1.82, 2.24) is 19.9 Å². The normalized spacial score (nSPS) is 24.5. The van der Waals surface area contributed by atoms with Gasteiger partial charge in [0, 0.05) is 25.6 Å². The Morgan fingerprint density at radius 2 is 2.26 bits per heavy atom. The van der Waals surface area contributed by atoms with Crippen molar-refractivity contribution in [3.8, 4) is 0 Å². The molecule has 0 aromatic carbocycles. The molecular formula is C13H18N4O2. The Morgan fingerprint density at radius 3 is 2.95 bits per heavy atom. The van der Waals surface area contributed by atoms with Crippen molar-refractivity contribution in [3.05, 3.63) is 24.4 Å². The van der Waals surface area contributed by atoms with Gasteiger partial charge in [0.25, 0.3) is 0 Å². The summed E-state index contributed by atoms with van der Waals surface area (Å²) in [6.45, 7) is 5.62. The van der Waals surface area contributed by atoms with Crippen LogP contribution in [-0.4, -0.2) is 52.5 Å². The van der Waals surface area contributed by atoms with E-state index in [0.717, 1.165) is 25.2 Å². The monoisotopic (exact) mass is 262 g/mol. The first-order valence-electron chi connectivity index (χ1n) is 6.64. The number of hydrogen-bond acceptors (Lipinski definition) is 5. The molecular weight excluding hydrogens is 244 g/mol. The zero-order chi connectivity index (χ0) is 13.4. The van der Waals surface area contributed by atoms with Crippen molar-refractivity contribution in [2.45, 2.75) is 24.8 Å². The van der Waals surface area contributed by atoms with E-state index in [-0.39, 0.29) is 11.9 Å². The van der Waals surface area contributed by atoms with Gasteiger partial charge >= 0.3 is 0 Å². The van der Waals surface area contributed by atoms with Gasteiger partial charge in [-0.1, -0.05) is 11.7 Å². The lowest BCUT2D eigenvalue weighted by molar-refractivity contribution is -0.129. The van der Waals surface area contributed by atoms with Crippen LogP contribution in [0.2, 0.25) is 0 Å². The smallest absolute Gasteiger partial charge is 0.246 e. The molecule has 0 radical (unpaired) electrons. The van der Waals surface area contributed by atoms with E-state index >= 15 is 0 Å². The minimum Gasteiger partial charge on any atom is -0.338 e. The number of likely N-dealkylation sites (N-methyl/N-ethyl adjacent to an activating group) is 1. The van der Waals surface area contributed by atoms with Gasteiger partial charge in [0.1, 0.15) is 6.04 Å². The fourth-order valence-electron chi connectivity index (χ4n) is 2.36. The van der Waals surface area contributed by atoms with Crippen LogP contribution in [0, 0.1) is 0 Å². The molecule has 2 fully saturated rings. The average Bonchev–Trinajstić information content (AvgIpc) is 3.17. The van der Waals surface area contributed by atoms with E-state index in [1.165, 1.54) is 6.08 Å². The Hall–Kier alpha value is -1.69. The van der Waals surface area contributed by atoms with Crippen LogP contribution in [0.1, 0.15) is 36.5 Å². The predicted octanol–water partition coefficient (Wildman–Crippen LogP) is 0.948. The molecule has 1 saturated carbocycles. The zero-order valence-corrected chi connectivity index (χ0v) is 11.1. The largest absolute Gasteiger partial charge is 0.338 e. The van der Waals surface area contributed by atoms with Crippen molar-refractivity contribution in [1.29, 1.82) is 0 Å². The Balaban J connectivity index is 1.76. The fourth-order valence-corrected chi connectivity index (χ4v) is 2.36. The second-order valence-electron chi connectivity index (χ2n) is 5.25. The maximum atomic E-state index is 11.7. The number of aromatic nitrogens is 2. The van der Waals surface area contributed by atoms with Crippen LogP contribution in [0.25, 0.3) is 0 Å². The first kappa shape index (κ1) is 12.3. The standard InChI is InChI=1S/C13H18N4O2/c1-3-11(18)17-7-6-16(2)10(8-17)13-14-12(15-19-13)9-4-5-9/h3,9-10H,1,4-8H2,2H3/t10-/m0/s1. The highest BCUT2D eigenvalue weighted by atomic mass is 16.5. The van der Waals surface area contributed by atoms with Gasteiger partial charge in [0.05, 0.1) is 0 Å². The number of hydrogen-bond donors (Lipinski definition) is 0. The average molecular weight is 262 g/mol. The van der Waals surface area contributed by atoms with Crippen LogP contribution in [0.3, 0.4) is 0 Å². The molecule has 1 aliphatic carbocycles. The molecule has 102 valence electrons. The predicted molar refractivity (Wildman–Crippen MR) is 68.4 cm³/mol. The van der Waals surface area contributed by atoms with Crippen LogP contribution >= 0.6 is 0 Å². The maximum absolute atomic E-state index is 11.7. The summed E-state index contributed by atoms with van der Waals surface area (Å²) < 4.78 is 5.37. The summed E-state index contributed by atoms with van der Waals surface area (Å²) in [5.74, 6) is 1.87. The molecule has 1 aliphatic heterocycles. The molecule has 1 atom stereocenters. The Kier molecular flexibility index (Phi) is 3.10. The lowest BCUT2D eigenvalue weighted by Crippen LogP contribution is -2.48. The highest BCUT2D eigenvalue weighted by Gasteiger charge is 2.34. The third-order valence-electron chi connectivity index (χ3n) is 3.82. The number of amides is 1. The second-order valence-corrected chi connectivity index (χ2v) is 5.25. The van der Waals surface area contributed by atoms with Gasteiger partial charge in [-0.05, 0) is 26.0 Å². The number of rotatable bonds is 3. The van der Waals surface area contributed by atoms with E-state index in [4.69, 9.17) is 4.52 Å². The topological polar surface area (TPSA) is 62.5 Å². The van der Waals surface area contributed by atoms with Crippen LogP contribution in [0.4, 0.5) is 0 Å². The summed E-state index contributed by atoms with van der Waals surface area (Å²) in [5.41, 5.74) is 0. The molecule has 0 unspecified atom stereocenters. The van der Waals surface area contributed by atoms with Gasteiger partial charge in [-0.2, -0.15) is 4.98 Å². The summed E-state index contributed by atoms with van der Waals surface area (Å²) >= 11 is 0. The maximum Gasteiger partial charge on any atom is 0.246 e. The van der Waals surface area contributed by atoms with Crippen LogP contribution in [0.5, 0.6) is 0 Å². The minimum absolute atomic E-state index is 0.0161. The first-order chi connectivity index (χ1) is 9.19. The van der Waals surface area contributed by atoms with Crippen LogP contribution < -0.4 is 0 Å². The van der Waals surface area contributed by atoms with E-state index in [1.807, 2.05) is 7.05 Å². The lowest BCUT2D eigenvalue weighted by Gasteiger charge is -2.37. The summed E-state index contributed by atoms with van der Waals surface area (Å²) in [7, 11) is 2.02. The molecule has 1 saturated heterocycles. The summed E-state index contributed by atoms with van der Waals surface area (Å²) in [6.07, 6.45) is 3.66. The molecule has 19 heavy (non-hydrogen) atoms. The SMILES string of the molecule is C=CC(=O)N1CCN(C)[C@H](c2nc(C3CC3)no2)C1. The molecule has 2 aliphatic rings.